The molecule has 0 saturated heterocycles. The predicted octanol–water partition coefficient (Wildman–Crippen LogP) is 3.77. The quantitative estimate of drug-likeness (QED) is 0.828. The molecule has 0 amide bonds. The van der Waals surface area contributed by atoms with Crippen molar-refractivity contribution < 1.29 is 5.11 Å². The fourth-order valence-corrected chi connectivity index (χ4v) is 3.46. The number of rotatable bonds is 5. The Morgan fingerprint density at radius 1 is 1.47 bits per heavy atom. The van der Waals surface area contributed by atoms with E-state index in [0.717, 1.165) is 17.4 Å². The monoisotopic (exact) mass is 271 g/mol. The van der Waals surface area contributed by atoms with Crippen LogP contribution in [0.3, 0.4) is 0 Å². The van der Waals surface area contributed by atoms with Gasteiger partial charge in [0.25, 0.3) is 0 Å². The summed E-state index contributed by atoms with van der Waals surface area (Å²) < 4.78 is 0. The Hall–Kier alpha value is -0.250. The first-order chi connectivity index (χ1) is 8.25. The number of hydrogen-bond acceptors (Lipinski definition) is 3. The summed E-state index contributed by atoms with van der Waals surface area (Å²) in [5.74, 6) is 1.41. The van der Waals surface area contributed by atoms with Crippen molar-refractivity contribution in [3.8, 4) is 0 Å². The van der Waals surface area contributed by atoms with Crippen LogP contribution < -0.4 is 0 Å². The number of pyridine rings is 1. The van der Waals surface area contributed by atoms with Gasteiger partial charge in [-0.1, -0.05) is 37.3 Å². The van der Waals surface area contributed by atoms with Gasteiger partial charge >= 0.3 is 0 Å². The van der Waals surface area contributed by atoms with Gasteiger partial charge in [-0.15, -0.1) is 11.8 Å². The molecule has 0 radical (unpaired) electrons. The van der Waals surface area contributed by atoms with E-state index in [4.69, 9.17) is 11.6 Å². The van der Waals surface area contributed by atoms with Crippen molar-refractivity contribution in [1.29, 1.82) is 0 Å². The number of hydrogen-bond donors (Lipinski definition) is 1. The van der Waals surface area contributed by atoms with E-state index in [2.05, 4.69) is 4.98 Å². The smallest absolute Gasteiger partial charge is 0.115 e. The van der Waals surface area contributed by atoms with E-state index >= 15 is 0 Å². The largest absolute Gasteiger partial charge is 0.392 e. The molecule has 0 aromatic carbocycles. The van der Waals surface area contributed by atoms with Gasteiger partial charge < -0.3 is 5.11 Å². The van der Waals surface area contributed by atoms with Gasteiger partial charge in [0.15, 0.2) is 0 Å². The van der Waals surface area contributed by atoms with Gasteiger partial charge in [-0.25, -0.2) is 4.98 Å². The van der Waals surface area contributed by atoms with E-state index in [0.29, 0.717) is 10.8 Å². The molecule has 1 fully saturated rings. The fraction of sp³-hybridized carbons (Fsp3) is 0.615. The lowest BCUT2D eigenvalue weighted by atomic mass is 10.0. The lowest BCUT2D eigenvalue weighted by Crippen LogP contribution is -2.14. The maximum Gasteiger partial charge on any atom is 0.115 e. The van der Waals surface area contributed by atoms with Crippen LogP contribution >= 0.6 is 23.4 Å². The van der Waals surface area contributed by atoms with Crippen molar-refractivity contribution in [2.75, 3.05) is 5.75 Å². The maximum atomic E-state index is 9.97. The van der Waals surface area contributed by atoms with Crippen LogP contribution in [-0.2, 0) is 0 Å². The number of aromatic nitrogens is 1. The fourth-order valence-electron chi connectivity index (χ4n) is 2.35. The van der Waals surface area contributed by atoms with E-state index in [9.17, 15) is 5.11 Å². The highest BCUT2D eigenvalue weighted by atomic mass is 35.5. The van der Waals surface area contributed by atoms with Gasteiger partial charge in [-0.3, -0.25) is 0 Å². The SMILES string of the molecule is OC(CSc1ncccc1Cl)CC1CCCC1. The summed E-state index contributed by atoms with van der Waals surface area (Å²) in [5, 5.41) is 11.5. The van der Waals surface area contributed by atoms with Crippen LogP contribution in [0.1, 0.15) is 32.1 Å². The number of halogens is 1. The zero-order chi connectivity index (χ0) is 12.1. The van der Waals surface area contributed by atoms with Crippen LogP contribution in [-0.4, -0.2) is 21.9 Å². The average molecular weight is 272 g/mol. The van der Waals surface area contributed by atoms with Crippen molar-refractivity contribution in [2.45, 2.75) is 43.2 Å². The van der Waals surface area contributed by atoms with Crippen molar-refractivity contribution >= 4 is 23.4 Å². The third-order valence-corrected chi connectivity index (χ3v) is 4.78. The molecule has 0 spiro atoms. The Labute approximate surface area is 112 Å². The van der Waals surface area contributed by atoms with Gasteiger partial charge in [-0.05, 0) is 24.5 Å². The van der Waals surface area contributed by atoms with Crippen LogP contribution in [0.4, 0.5) is 0 Å². The summed E-state index contributed by atoms with van der Waals surface area (Å²) in [5.41, 5.74) is 0. The molecule has 1 atom stereocenters. The average Bonchev–Trinajstić information content (AvgIpc) is 2.81. The molecule has 2 rings (SSSR count). The van der Waals surface area contributed by atoms with Crippen LogP contribution in [0.5, 0.6) is 0 Å². The van der Waals surface area contributed by atoms with E-state index in [1.54, 1.807) is 18.0 Å². The lowest BCUT2D eigenvalue weighted by Gasteiger charge is -2.14. The highest BCUT2D eigenvalue weighted by Gasteiger charge is 2.19. The van der Waals surface area contributed by atoms with E-state index in [1.807, 2.05) is 12.1 Å². The molecule has 1 unspecified atom stereocenters. The van der Waals surface area contributed by atoms with Crippen molar-refractivity contribution in [2.24, 2.45) is 5.92 Å². The summed E-state index contributed by atoms with van der Waals surface area (Å²) in [6, 6.07) is 3.65. The van der Waals surface area contributed by atoms with Crippen molar-refractivity contribution in [3.63, 3.8) is 0 Å². The third kappa shape index (κ3) is 4.16. The molecular weight excluding hydrogens is 254 g/mol. The topological polar surface area (TPSA) is 33.1 Å². The van der Waals surface area contributed by atoms with Gasteiger partial charge in [0.05, 0.1) is 11.1 Å². The van der Waals surface area contributed by atoms with Crippen LogP contribution in [0.15, 0.2) is 23.4 Å². The van der Waals surface area contributed by atoms with Crippen LogP contribution in [0.2, 0.25) is 5.02 Å². The second-order valence-corrected chi connectivity index (χ2v) is 6.06. The van der Waals surface area contributed by atoms with Gasteiger partial charge in [0, 0.05) is 11.9 Å². The summed E-state index contributed by atoms with van der Waals surface area (Å²) in [6.45, 7) is 0. The molecule has 1 aliphatic rings. The van der Waals surface area contributed by atoms with Gasteiger partial charge in [0.2, 0.25) is 0 Å². The minimum atomic E-state index is -0.235. The maximum absolute atomic E-state index is 9.97. The Morgan fingerprint density at radius 3 is 2.94 bits per heavy atom. The zero-order valence-corrected chi connectivity index (χ0v) is 11.4. The first-order valence-corrected chi connectivity index (χ1v) is 7.53. The minimum absolute atomic E-state index is 0.235. The standard InChI is InChI=1S/C13H18ClNOS/c14-12-6-3-7-15-13(12)17-9-11(16)8-10-4-1-2-5-10/h3,6-7,10-11,16H,1-2,4-5,8-9H2. The molecule has 1 heterocycles. The number of nitrogens with zero attached hydrogens (tertiary/aromatic N) is 1. The molecule has 94 valence electrons. The Bertz CT molecular complexity index is 355. The van der Waals surface area contributed by atoms with Crippen molar-refractivity contribution in [1.82, 2.24) is 4.98 Å². The first-order valence-electron chi connectivity index (χ1n) is 6.17. The number of aliphatic hydroxyl groups is 1. The van der Waals surface area contributed by atoms with E-state index in [1.165, 1.54) is 25.7 Å². The minimum Gasteiger partial charge on any atom is -0.392 e. The molecular formula is C13H18ClNOS. The first kappa shape index (κ1) is 13.2. The molecule has 2 nitrogen and oxygen atoms in total. The predicted molar refractivity (Wildman–Crippen MR) is 72.6 cm³/mol. The Balaban J connectivity index is 1.75. The van der Waals surface area contributed by atoms with Crippen LogP contribution in [0.25, 0.3) is 0 Å². The highest BCUT2D eigenvalue weighted by Crippen LogP contribution is 2.30. The van der Waals surface area contributed by atoms with Gasteiger partial charge in [-0.2, -0.15) is 0 Å². The molecule has 1 aliphatic carbocycles. The molecule has 1 aromatic heterocycles. The summed E-state index contributed by atoms with van der Waals surface area (Å²) in [4.78, 5) is 4.20. The molecule has 1 N–H and O–H groups in total. The molecule has 4 heteroatoms. The van der Waals surface area contributed by atoms with E-state index < -0.39 is 0 Å². The van der Waals surface area contributed by atoms with Crippen molar-refractivity contribution in [3.05, 3.63) is 23.4 Å². The normalized spacial score (nSPS) is 18.5. The third-order valence-electron chi connectivity index (χ3n) is 3.22. The molecule has 1 saturated carbocycles. The number of thioether (sulfide) groups is 1. The summed E-state index contributed by atoms with van der Waals surface area (Å²) in [7, 11) is 0. The second-order valence-electron chi connectivity index (χ2n) is 4.64. The Kier molecular flexibility index (Phi) is 5.14. The van der Waals surface area contributed by atoms with Gasteiger partial charge in [0.1, 0.15) is 5.03 Å². The van der Waals surface area contributed by atoms with Crippen LogP contribution in [0, 0.1) is 5.92 Å². The molecule has 1 aromatic rings. The molecule has 17 heavy (non-hydrogen) atoms. The number of aliphatic hydroxyl groups excluding tert-OH is 1. The van der Waals surface area contributed by atoms with E-state index in [-0.39, 0.29) is 6.10 Å². The summed E-state index contributed by atoms with van der Waals surface area (Å²) >= 11 is 7.56. The molecule has 0 aliphatic heterocycles. The molecule has 0 bridgehead atoms. The lowest BCUT2D eigenvalue weighted by molar-refractivity contribution is 0.165. The zero-order valence-electron chi connectivity index (χ0n) is 9.81. The highest BCUT2D eigenvalue weighted by molar-refractivity contribution is 7.99. The summed E-state index contributed by atoms with van der Waals surface area (Å²) in [6.07, 6.45) is 7.65. The Morgan fingerprint density at radius 2 is 2.24 bits per heavy atom. The second kappa shape index (κ2) is 6.62.